The van der Waals surface area contributed by atoms with Crippen LogP contribution in [0.4, 0.5) is 0 Å². The van der Waals surface area contributed by atoms with Crippen LogP contribution in [0.15, 0.2) is 46.2 Å². The summed E-state index contributed by atoms with van der Waals surface area (Å²) in [6.45, 7) is 0. The molecule has 6 nitrogen and oxygen atoms in total. The highest BCUT2D eigenvalue weighted by molar-refractivity contribution is 7.92. The lowest BCUT2D eigenvalue weighted by Crippen LogP contribution is -2.36. The fourth-order valence-electron chi connectivity index (χ4n) is 2.09. The van der Waals surface area contributed by atoms with Crippen molar-refractivity contribution in [2.75, 3.05) is 0 Å². The van der Waals surface area contributed by atoms with Crippen molar-refractivity contribution in [1.29, 1.82) is 0 Å². The number of hydrogen-bond acceptors (Lipinski definition) is 4. The summed E-state index contributed by atoms with van der Waals surface area (Å²) < 4.78 is 50.1. The van der Waals surface area contributed by atoms with Crippen molar-refractivity contribution in [3.8, 4) is 0 Å². The first-order valence-corrected chi connectivity index (χ1v) is 9.13. The van der Waals surface area contributed by atoms with Crippen molar-refractivity contribution in [3.05, 3.63) is 36.4 Å². The van der Waals surface area contributed by atoms with Gasteiger partial charge in [0.1, 0.15) is 9.79 Å². The Bertz CT molecular complexity index is 724. The van der Waals surface area contributed by atoms with Crippen molar-refractivity contribution < 1.29 is 16.8 Å². The number of nitrogens with two attached hydrogens (primary N) is 1. The van der Waals surface area contributed by atoms with E-state index in [1.165, 1.54) is 24.3 Å². The normalized spacial score (nSPS) is 19.9. The van der Waals surface area contributed by atoms with E-state index in [1.54, 1.807) is 0 Å². The smallest absolute Gasteiger partial charge is 0.225 e. The van der Waals surface area contributed by atoms with Crippen LogP contribution in [0.2, 0.25) is 0 Å². The number of allylic oxidation sites excluding steroid dienone is 1. The third-order valence-electron chi connectivity index (χ3n) is 3.04. The van der Waals surface area contributed by atoms with Crippen LogP contribution < -0.4 is 9.86 Å². The molecule has 0 amide bonds. The Kier molecular flexibility index (Phi) is 4.28. The molecule has 110 valence electrons. The Morgan fingerprint density at radius 1 is 1.05 bits per heavy atom. The second kappa shape index (κ2) is 5.65. The van der Waals surface area contributed by atoms with Gasteiger partial charge < -0.3 is 0 Å². The molecule has 0 fully saturated rings. The maximum absolute atomic E-state index is 12.3. The number of benzene rings is 1. The number of sulfonamides is 2. The van der Waals surface area contributed by atoms with Gasteiger partial charge in [0.15, 0.2) is 0 Å². The molecule has 1 atom stereocenters. The number of primary sulfonamides is 1. The SMILES string of the molecule is NS(=O)(=O)c1ccccc1S(=O)(=O)NC1CC=CCC1. The zero-order valence-electron chi connectivity index (χ0n) is 10.7. The predicted molar refractivity (Wildman–Crippen MR) is 74.9 cm³/mol. The molecule has 1 aliphatic rings. The fraction of sp³-hybridized carbons (Fsp3) is 0.333. The minimum Gasteiger partial charge on any atom is -0.225 e. The Morgan fingerprint density at radius 2 is 1.70 bits per heavy atom. The lowest BCUT2D eigenvalue weighted by Gasteiger charge is -2.20. The van der Waals surface area contributed by atoms with E-state index in [1.807, 2.05) is 12.2 Å². The Balaban J connectivity index is 2.37. The summed E-state index contributed by atoms with van der Waals surface area (Å²) in [6.07, 6.45) is 5.97. The van der Waals surface area contributed by atoms with Gasteiger partial charge in [0.25, 0.3) is 0 Å². The second-order valence-electron chi connectivity index (χ2n) is 4.59. The molecule has 3 N–H and O–H groups in total. The zero-order valence-corrected chi connectivity index (χ0v) is 12.3. The van der Waals surface area contributed by atoms with Crippen molar-refractivity contribution in [2.45, 2.75) is 35.1 Å². The average Bonchev–Trinajstić information content (AvgIpc) is 2.38. The molecule has 1 aromatic rings. The van der Waals surface area contributed by atoms with Gasteiger partial charge in [-0.3, -0.25) is 0 Å². The van der Waals surface area contributed by atoms with Gasteiger partial charge in [-0.2, -0.15) is 0 Å². The van der Waals surface area contributed by atoms with Crippen molar-refractivity contribution >= 4 is 20.0 Å². The summed E-state index contributed by atoms with van der Waals surface area (Å²) >= 11 is 0. The topological polar surface area (TPSA) is 106 Å². The van der Waals surface area contributed by atoms with Crippen molar-refractivity contribution in [1.82, 2.24) is 4.72 Å². The molecule has 0 heterocycles. The van der Waals surface area contributed by atoms with E-state index < -0.39 is 20.0 Å². The first-order valence-electron chi connectivity index (χ1n) is 6.10. The van der Waals surface area contributed by atoms with E-state index in [2.05, 4.69) is 4.72 Å². The van der Waals surface area contributed by atoms with Gasteiger partial charge >= 0.3 is 0 Å². The summed E-state index contributed by atoms with van der Waals surface area (Å²) in [5, 5.41) is 5.06. The van der Waals surface area contributed by atoms with Crippen LogP contribution in [0.25, 0.3) is 0 Å². The zero-order chi connectivity index (χ0) is 14.8. The van der Waals surface area contributed by atoms with Gasteiger partial charge in [-0.25, -0.2) is 26.7 Å². The van der Waals surface area contributed by atoms with E-state index >= 15 is 0 Å². The molecular formula is C12H16N2O4S2. The molecule has 0 aromatic heterocycles. The van der Waals surface area contributed by atoms with E-state index in [0.717, 1.165) is 6.42 Å². The molecular weight excluding hydrogens is 300 g/mol. The molecule has 0 bridgehead atoms. The molecule has 0 spiro atoms. The molecule has 1 aliphatic carbocycles. The predicted octanol–water partition coefficient (Wildman–Crippen LogP) is 0.721. The quantitative estimate of drug-likeness (QED) is 0.798. The van der Waals surface area contributed by atoms with Crippen LogP contribution in [0, 0.1) is 0 Å². The van der Waals surface area contributed by atoms with Gasteiger partial charge in [-0.15, -0.1) is 0 Å². The second-order valence-corrected chi connectivity index (χ2v) is 7.81. The molecule has 1 unspecified atom stereocenters. The average molecular weight is 316 g/mol. The van der Waals surface area contributed by atoms with Gasteiger partial charge in [0.05, 0.1) is 0 Å². The third kappa shape index (κ3) is 3.45. The minimum absolute atomic E-state index is 0.224. The largest absolute Gasteiger partial charge is 0.242 e. The molecule has 1 aromatic carbocycles. The summed E-state index contributed by atoms with van der Waals surface area (Å²) in [5.41, 5.74) is 0. The molecule has 0 saturated heterocycles. The third-order valence-corrected chi connectivity index (χ3v) is 5.71. The van der Waals surface area contributed by atoms with E-state index in [-0.39, 0.29) is 15.8 Å². The molecule has 0 saturated carbocycles. The molecule has 0 radical (unpaired) electrons. The van der Waals surface area contributed by atoms with E-state index in [4.69, 9.17) is 5.14 Å². The van der Waals surface area contributed by atoms with Crippen LogP contribution in [0.1, 0.15) is 19.3 Å². The summed E-state index contributed by atoms with van der Waals surface area (Å²) in [5.74, 6) is 0. The van der Waals surface area contributed by atoms with E-state index in [0.29, 0.717) is 12.8 Å². The fourth-order valence-corrected chi connectivity index (χ4v) is 4.76. The Morgan fingerprint density at radius 3 is 2.25 bits per heavy atom. The van der Waals surface area contributed by atoms with Crippen LogP contribution in [-0.4, -0.2) is 22.9 Å². The number of rotatable bonds is 4. The molecule has 2 rings (SSSR count). The monoisotopic (exact) mass is 316 g/mol. The Hall–Kier alpha value is -1.22. The summed E-state index contributed by atoms with van der Waals surface area (Å²) in [7, 11) is -8.01. The number of nitrogens with one attached hydrogen (secondary N) is 1. The molecule has 20 heavy (non-hydrogen) atoms. The van der Waals surface area contributed by atoms with Crippen LogP contribution in [0.3, 0.4) is 0 Å². The van der Waals surface area contributed by atoms with Crippen LogP contribution in [-0.2, 0) is 20.0 Å². The first-order chi connectivity index (χ1) is 9.31. The van der Waals surface area contributed by atoms with Gasteiger partial charge in [-0.1, -0.05) is 24.3 Å². The minimum atomic E-state index is -4.09. The molecule has 8 heteroatoms. The van der Waals surface area contributed by atoms with Crippen LogP contribution >= 0.6 is 0 Å². The van der Waals surface area contributed by atoms with Gasteiger partial charge in [-0.05, 0) is 31.4 Å². The number of hydrogen-bond donors (Lipinski definition) is 2. The standard InChI is InChI=1S/C12H16N2O4S2/c13-19(15,16)11-8-4-5-9-12(11)20(17,18)14-10-6-2-1-3-7-10/h1-2,4-5,8-10,14H,3,6-7H2,(H2,13,15,16). The lowest BCUT2D eigenvalue weighted by atomic mass is 10.0. The Labute approximate surface area is 118 Å². The highest BCUT2D eigenvalue weighted by Gasteiger charge is 2.26. The molecule has 0 aliphatic heterocycles. The van der Waals surface area contributed by atoms with Crippen molar-refractivity contribution in [2.24, 2.45) is 5.14 Å². The van der Waals surface area contributed by atoms with Gasteiger partial charge in [0.2, 0.25) is 20.0 Å². The lowest BCUT2D eigenvalue weighted by molar-refractivity contribution is 0.520. The summed E-state index contributed by atoms with van der Waals surface area (Å²) in [4.78, 5) is -0.698. The first kappa shape index (κ1) is 15.2. The van der Waals surface area contributed by atoms with Crippen molar-refractivity contribution in [3.63, 3.8) is 0 Å². The highest BCUT2D eigenvalue weighted by atomic mass is 32.2. The van der Waals surface area contributed by atoms with E-state index in [9.17, 15) is 16.8 Å². The maximum atomic E-state index is 12.3. The van der Waals surface area contributed by atoms with Crippen LogP contribution in [0.5, 0.6) is 0 Å². The highest BCUT2D eigenvalue weighted by Crippen LogP contribution is 2.21. The summed E-state index contributed by atoms with van der Waals surface area (Å²) in [6, 6.07) is 5.09. The maximum Gasteiger partial charge on any atom is 0.242 e. The van der Waals surface area contributed by atoms with Gasteiger partial charge in [0, 0.05) is 6.04 Å².